The van der Waals surface area contributed by atoms with Gasteiger partial charge in [0.2, 0.25) is 0 Å². The fourth-order valence-corrected chi connectivity index (χ4v) is 1.11. The van der Waals surface area contributed by atoms with E-state index in [-0.39, 0.29) is 0 Å². The highest BCUT2D eigenvalue weighted by Gasteiger charge is 1.89. The minimum absolute atomic E-state index is 0.748. The molecular formula is C6H8N2S2. The Hall–Kier alpha value is -0.370. The molecule has 0 aliphatic heterocycles. The molecule has 0 unspecified atom stereocenters. The Morgan fingerprint density at radius 1 is 1.80 bits per heavy atom. The minimum Gasteiger partial charge on any atom is -0.258 e. The van der Waals surface area contributed by atoms with E-state index in [1.165, 1.54) is 11.8 Å². The molecule has 0 aromatic rings. The normalized spacial score (nSPS) is 11.9. The average Bonchev–Trinajstić information content (AvgIpc) is 1.90. The first kappa shape index (κ1) is 9.63. The summed E-state index contributed by atoms with van der Waals surface area (Å²) < 4.78 is 3.85. The molecule has 0 radical (unpaired) electrons. The van der Waals surface area contributed by atoms with Crippen LogP contribution in [0, 0.1) is 11.7 Å². The maximum Gasteiger partial charge on any atom is 0.118 e. The van der Waals surface area contributed by atoms with E-state index >= 15 is 0 Å². The molecule has 54 valence electrons. The zero-order valence-corrected chi connectivity index (χ0v) is 7.21. The number of terminal acetylenes is 1. The summed E-state index contributed by atoms with van der Waals surface area (Å²) in [6.45, 7) is 1.90. The number of allylic oxidation sites excluding steroid dienone is 1. The summed E-state index contributed by atoms with van der Waals surface area (Å²) in [5, 5.41) is 8.25. The van der Waals surface area contributed by atoms with Crippen LogP contribution in [0.2, 0.25) is 0 Å². The summed E-state index contributed by atoms with van der Waals surface area (Å²) in [4.78, 5) is 0. The van der Waals surface area contributed by atoms with Crippen molar-refractivity contribution in [3.05, 3.63) is 12.2 Å². The second-order valence-electron chi connectivity index (χ2n) is 1.25. The first-order valence-electron chi connectivity index (χ1n) is 2.54. The van der Waals surface area contributed by atoms with Crippen LogP contribution in [0.5, 0.6) is 0 Å². The second-order valence-corrected chi connectivity index (χ2v) is 2.51. The van der Waals surface area contributed by atoms with Crippen molar-refractivity contribution in [2.75, 3.05) is 0 Å². The smallest absolute Gasteiger partial charge is 0.118 e. The molecule has 0 atom stereocenters. The van der Waals surface area contributed by atoms with Crippen LogP contribution in [0.1, 0.15) is 6.92 Å². The van der Waals surface area contributed by atoms with Crippen LogP contribution in [0.3, 0.4) is 0 Å². The van der Waals surface area contributed by atoms with E-state index in [0.29, 0.717) is 0 Å². The van der Waals surface area contributed by atoms with E-state index in [1.54, 1.807) is 0 Å². The highest BCUT2D eigenvalue weighted by molar-refractivity contribution is 8.19. The van der Waals surface area contributed by atoms with Crippen molar-refractivity contribution >= 4 is 28.9 Å². The largest absolute Gasteiger partial charge is 0.258 e. The molecule has 0 saturated carbocycles. The van der Waals surface area contributed by atoms with Crippen molar-refractivity contribution in [3.63, 3.8) is 0 Å². The maximum absolute atomic E-state index is 5.10. The molecule has 2 nitrogen and oxygen atoms in total. The van der Waals surface area contributed by atoms with Crippen molar-refractivity contribution in [2.45, 2.75) is 6.92 Å². The third kappa shape index (κ3) is 4.50. The lowest BCUT2D eigenvalue weighted by atomic mass is 10.6. The van der Waals surface area contributed by atoms with Gasteiger partial charge in [0.15, 0.2) is 0 Å². The molecule has 0 aromatic carbocycles. The van der Waals surface area contributed by atoms with Crippen molar-refractivity contribution in [1.82, 2.24) is 0 Å². The molecule has 0 aliphatic rings. The Kier molecular flexibility index (Phi) is 6.50. The van der Waals surface area contributed by atoms with Crippen molar-refractivity contribution in [1.29, 1.82) is 0 Å². The van der Waals surface area contributed by atoms with Crippen molar-refractivity contribution in [3.8, 4) is 11.7 Å². The zero-order chi connectivity index (χ0) is 7.82. The quantitative estimate of drug-likeness (QED) is 0.299. The average molecular weight is 172 g/mol. The topological polar surface area (TPSA) is 38.4 Å². The number of rotatable bonds is 2. The number of hydrogen-bond acceptors (Lipinski definition) is 4. The molecule has 0 rings (SSSR count). The van der Waals surface area contributed by atoms with Gasteiger partial charge in [0.25, 0.3) is 0 Å². The van der Waals surface area contributed by atoms with Gasteiger partial charge in [0, 0.05) is 0 Å². The highest BCUT2D eigenvalue weighted by Crippen LogP contribution is 2.06. The minimum atomic E-state index is 0.748. The molecule has 0 heterocycles. The Balaban J connectivity index is 4.00. The Morgan fingerprint density at radius 3 is 2.90 bits per heavy atom. The van der Waals surface area contributed by atoms with Crippen LogP contribution in [-0.4, -0.2) is 5.04 Å². The zero-order valence-electron chi connectivity index (χ0n) is 5.57. The number of nitrogens with zero attached hydrogens (tertiary/aromatic N) is 1. The highest BCUT2D eigenvalue weighted by atomic mass is 32.2. The van der Waals surface area contributed by atoms with Crippen LogP contribution >= 0.6 is 23.9 Å². The lowest BCUT2D eigenvalue weighted by molar-refractivity contribution is 1.76. The van der Waals surface area contributed by atoms with E-state index in [0.717, 1.165) is 17.2 Å². The Bertz CT molecular complexity index is 179. The van der Waals surface area contributed by atoms with Crippen LogP contribution in [0.4, 0.5) is 0 Å². The molecule has 0 aromatic heterocycles. The molecule has 0 bridgehead atoms. The molecular weight excluding hydrogens is 164 g/mol. The van der Waals surface area contributed by atoms with E-state index in [9.17, 15) is 0 Å². The van der Waals surface area contributed by atoms with E-state index in [1.807, 2.05) is 19.1 Å². The van der Waals surface area contributed by atoms with Gasteiger partial charge in [-0.2, -0.15) is 4.40 Å². The molecule has 0 fully saturated rings. The van der Waals surface area contributed by atoms with E-state index in [2.05, 4.69) is 9.65 Å². The summed E-state index contributed by atoms with van der Waals surface area (Å²) in [5.74, 6) is 0. The van der Waals surface area contributed by atoms with Gasteiger partial charge in [-0.05, 0) is 30.0 Å². The van der Waals surface area contributed by atoms with Crippen LogP contribution in [0.15, 0.2) is 16.5 Å². The molecule has 2 N–H and O–H groups in total. The standard InChI is InChI=1S/C6H8N2S2/c1-3-5-6(8-10-7)9-4-2/h2-3,5H,7H2,1H3/b5-3-,8-6?. The summed E-state index contributed by atoms with van der Waals surface area (Å²) in [6.07, 6.45) is 8.71. The van der Waals surface area contributed by atoms with Gasteiger partial charge < -0.3 is 0 Å². The third-order valence-electron chi connectivity index (χ3n) is 0.615. The van der Waals surface area contributed by atoms with Gasteiger partial charge in [0.1, 0.15) is 5.04 Å². The van der Waals surface area contributed by atoms with Crippen LogP contribution in [0.25, 0.3) is 0 Å². The van der Waals surface area contributed by atoms with E-state index < -0.39 is 0 Å². The van der Waals surface area contributed by atoms with Crippen LogP contribution in [-0.2, 0) is 0 Å². The van der Waals surface area contributed by atoms with Crippen LogP contribution < -0.4 is 5.14 Å². The Labute approximate surface area is 69.6 Å². The van der Waals surface area contributed by atoms with Gasteiger partial charge >= 0.3 is 0 Å². The molecule has 10 heavy (non-hydrogen) atoms. The fraction of sp³-hybridized carbons (Fsp3) is 0.167. The van der Waals surface area contributed by atoms with E-state index in [4.69, 9.17) is 11.6 Å². The van der Waals surface area contributed by atoms with Gasteiger partial charge in [-0.25, -0.2) is 0 Å². The molecule has 0 amide bonds. The monoisotopic (exact) mass is 172 g/mol. The van der Waals surface area contributed by atoms with Crippen molar-refractivity contribution < 1.29 is 0 Å². The van der Waals surface area contributed by atoms with Gasteiger partial charge in [-0.3, -0.25) is 5.14 Å². The summed E-state index contributed by atoms with van der Waals surface area (Å²) in [7, 11) is 0. The lowest BCUT2D eigenvalue weighted by Gasteiger charge is -1.89. The first-order valence-corrected chi connectivity index (χ1v) is 4.19. The summed E-state index contributed by atoms with van der Waals surface area (Å²) >= 11 is 2.13. The third-order valence-corrected chi connectivity index (χ3v) is 1.59. The second kappa shape index (κ2) is 6.75. The number of hydrogen-bond donors (Lipinski definition) is 1. The molecule has 0 spiro atoms. The van der Waals surface area contributed by atoms with Crippen molar-refractivity contribution in [2.24, 2.45) is 9.54 Å². The van der Waals surface area contributed by atoms with Gasteiger partial charge in [0.05, 0.1) is 12.1 Å². The first-order chi connectivity index (χ1) is 4.85. The maximum atomic E-state index is 5.10. The lowest BCUT2D eigenvalue weighted by Crippen LogP contribution is -1.83. The van der Waals surface area contributed by atoms with Gasteiger partial charge in [-0.1, -0.05) is 6.08 Å². The predicted molar refractivity (Wildman–Crippen MR) is 50.5 cm³/mol. The summed E-state index contributed by atoms with van der Waals surface area (Å²) in [6, 6.07) is 0. The predicted octanol–water partition coefficient (Wildman–Crippen LogP) is 1.81. The molecule has 0 saturated heterocycles. The van der Waals surface area contributed by atoms with Gasteiger partial charge in [-0.15, -0.1) is 6.42 Å². The SMILES string of the molecule is C#CSC(/C=C\C)=NSN. The number of thioether (sulfide) groups is 1. The molecule has 0 aliphatic carbocycles. The fourth-order valence-electron chi connectivity index (χ4n) is 0.338. The molecule has 4 heteroatoms. The Morgan fingerprint density at radius 2 is 2.50 bits per heavy atom. The summed E-state index contributed by atoms with van der Waals surface area (Å²) in [5.41, 5.74) is 0. The number of nitrogens with two attached hydrogens (primary N) is 1.